The summed E-state index contributed by atoms with van der Waals surface area (Å²) >= 11 is 0. The van der Waals surface area contributed by atoms with Crippen LogP contribution in [0.5, 0.6) is 0 Å². The van der Waals surface area contributed by atoms with Gasteiger partial charge in [0.15, 0.2) is 0 Å². The van der Waals surface area contributed by atoms with Gasteiger partial charge in [-0.1, -0.05) is 26.8 Å². The molecule has 5 heteroatoms. The molecular formula is C22H33N3O2. The fourth-order valence-corrected chi connectivity index (χ4v) is 4.40. The molecule has 5 nitrogen and oxygen atoms in total. The summed E-state index contributed by atoms with van der Waals surface area (Å²) in [6, 6.07) is 5.91. The minimum absolute atomic E-state index is 0.0652. The molecule has 2 aliphatic rings. The quantitative estimate of drug-likeness (QED) is 0.798. The second-order valence-corrected chi connectivity index (χ2v) is 8.95. The Bertz CT molecular complexity index is 673. The van der Waals surface area contributed by atoms with Crippen molar-refractivity contribution in [1.29, 1.82) is 0 Å². The van der Waals surface area contributed by atoms with Crippen molar-refractivity contribution in [2.24, 2.45) is 10.8 Å². The summed E-state index contributed by atoms with van der Waals surface area (Å²) in [4.78, 5) is 33.9. The summed E-state index contributed by atoms with van der Waals surface area (Å²) < 4.78 is 0. The summed E-state index contributed by atoms with van der Waals surface area (Å²) in [7, 11) is 0. The van der Waals surface area contributed by atoms with E-state index in [1.54, 1.807) is 6.20 Å². The monoisotopic (exact) mass is 371 g/mol. The zero-order valence-electron chi connectivity index (χ0n) is 17.0. The van der Waals surface area contributed by atoms with Gasteiger partial charge in [0.2, 0.25) is 11.8 Å². The van der Waals surface area contributed by atoms with Gasteiger partial charge in [0.25, 0.3) is 0 Å². The summed E-state index contributed by atoms with van der Waals surface area (Å²) in [5, 5.41) is 0. The van der Waals surface area contributed by atoms with Crippen LogP contribution >= 0.6 is 0 Å². The third-order valence-corrected chi connectivity index (χ3v) is 6.52. The number of hydrogen-bond donors (Lipinski definition) is 0. The Morgan fingerprint density at radius 1 is 1.26 bits per heavy atom. The number of hydrogen-bond acceptors (Lipinski definition) is 3. The van der Waals surface area contributed by atoms with Gasteiger partial charge in [0, 0.05) is 61.7 Å². The largest absolute Gasteiger partial charge is 0.342 e. The first-order chi connectivity index (χ1) is 12.9. The molecule has 2 fully saturated rings. The number of carbonyl (C=O) groups is 2. The molecule has 2 saturated heterocycles. The van der Waals surface area contributed by atoms with E-state index >= 15 is 0 Å². The van der Waals surface area contributed by atoms with Crippen molar-refractivity contribution >= 4 is 11.8 Å². The fraction of sp³-hybridized carbons (Fsp3) is 0.682. The third-order valence-electron chi connectivity index (χ3n) is 6.52. The van der Waals surface area contributed by atoms with E-state index < -0.39 is 0 Å². The molecule has 1 atom stereocenters. The van der Waals surface area contributed by atoms with E-state index in [2.05, 4.69) is 16.8 Å². The van der Waals surface area contributed by atoms with Crippen molar-refractivity contribution in [2.75, 3.05) is 26.2 Å². The molecule has 1 spiro atoms. The van der Waals surface area contributed by atoms with Crippen LogP contribution in [-0.4, -0.2) is 52.8 Å². The molecule has 1 aromatic heterocycles. The highest BCUT2D eigenvalue weighted by Gasteiger charge is 2.44. The average molecular weight is 372 g/mol. The van der Waals surface area contributed by atoms with Gasteiger partial charge in [0.1, 0.15) is 0 Å². The second-order valence-electron chi connectivity index (χ2n) is 8.95. The predicted molar refractivity (Wildman–Crippen MR) is 106 cm³/mol. The van der Waals surface area contributed by atoms with Gasteiger partial charge < -0.3 is 9.80 Å². The van der Waals surface area contributed by atoms with Crippen molar-refractivity contribution in [2.45, 2.75) is 59.3 Å². The van der Waals surface area contributed by atoms with E-state index in [1.807, 2.05) is 36.9 Å². The van der Waals surface area contributed by atoms with Gasteiger partial charge in [-0.25, -0.2) is 0 Å². The Morgan fingerprint density at radius 2 is 2.07 bits per heavy atom. The van der Waals surface area contributed by atoms with Crippen LogP contribution in [0.2, 0.25) is 0 Å². The van der Waals surface area contributed by atoms with Gasteiger partial charge in [-0.05, 0) is 37.8 Å². The number of aromatic nitrogens is 1. The molecule has 0 aliphatic carbocycles. The Morgan fingerprint density at radius 3 is 2.78 bits per heavy atom. The number of carbonyl (C=O) groups excluding carboxylic acids is 2. The maximum absolute atomic E-state index is 13.0. The molecule has 0 aromatic carbocycles. The normalized spacial score (nSPS) is 23.7. The fourth-order valence-electron chi connectivity index (χ4n) is 4.40. The first-order valence-electron chi connectivity index (χ1n) is 10.3. The maximum atomic E-state index is 13.0. The highest BCUT2D eigenvalue weighted by Crippen LogP contribution is 2.40. The Balaban J connectivity index is 1.66. The lowest BCUT2D eigenvalue weighted by molar-refractivity contribution is -0.148. The smallest absolute Gasteiger partial charge is 0.228 e. The SMILES string of the molecule is CCC(C)(C)C(=O)N1CCC[C@]2(CCC(=O)N(CCc3ccccn3)C2)C1. The van der Waals surface area contributed by atoms with E-state index in [1.165, 1.54) is 0 Å². The van der Waals surface area contributed by atoms with E-state index in [-0.39, 0.29) is 22.6 Å². The number of pyridine rings is 1. The topological polar surface area (TPSA) is 53.5 Å². The van der Waals surface area contributed by atoms with Gasteiger partial charge in [-0.2, -0.15) is 0 Å². The maximum Gasteiger partial charge on any atom is 0.228 e. The molecule has 0 unspecified atom stereocenters. The number of piperidine rings is 2. The number of nitrogens with zero attached hydrogens (tertiary/aromatic N) is 3. The zero-order chi connectivity index (χ0) is 19.5. The predicted octanol–water partition coefficient (Wildman–Crippen LogP) is 3.29. The molecule has 148 valence electrons. The lowest BCUT2D eigenvalue weighted by atomic mass is 9.73. The van der Waals surface area contributed by atoms with E-state index in [0.29, 0.717) is 13.0 Å². The molecule has 0 radical (unpaired) electrons. The lowest BCUT2D eigenvalue weighted by Gasteiger charge is -2.49. The Hall–Kier alpha value is -1.91. The van der Waals surface area contributed by atoms with E-state index in [0.717, 1.165) is 57.4 Å². The van der Waals surface area contributed by atoms with Crippen LogP contribution in [0.15, 0.2) is 24.4 Å². The standard InChI is InChI=1S/C22H33N3O2/c1-4-21(2,3)20(27)25-14-7-11-22(17-25)12-9-19(26)24(16-22)15-10-18-8-5-6-13-23-18/h5-6,8,13H,4,7,9-12,14-17H2,1-3H3/t22-/m1/s1. The summed E-state index contributed by atoms with van der Waals surface area (Å²) in [6.07, 6.45) is 7.08. The van der Waals surface area contributed by atoms with Crippen molar-refractivity contribution in [3.63, 3.8) is 0 Å². The van der Waals surface area contributed by atoms with Crippen molar-refractivity contribution < 1.29 is 9.59 Å². The molecule has 0 N–H and O–H groups in total. The molecule has 27 heavy (non-hydrogen) atoms. The van der Waals surface area contributed by atoms with Gasteiger partial charge >= 0.3 is 0 Å². The molecular weight excluding hydrogens is 338 g/mol. The first-order valence-corrected chi connectivity index (χ1v) is 10.3. The minimum Gasteiger partial charge on any atom is -0.342 e. The van der Waals surface area contributed by atoms with Crippen molar-refractivity contribution in [3.05, 3.63) is 30.1 Å². The lowest BCUT2D eigenvalue weighted by Crippen LogP contribution is -2.56. The van der Waals surface area contributed by atoms with E-state index in [9.17, 15) is 9.59 Å². The first kappa shape index (κ1) is 19.8. The molecule has 1 aromatic rings. The molecule has 2 amide bonds. The van der Waals surface area contributed by atoms with Crippen LogP contribution in [0.25, 0.3) is 0 Å². The van der Waals surface area contributed by atoms with Crippen LogP contribution in [0, 0.1) is 10.8 Å². The minimum atomic E-state index is -0.304. The highest BCUT2D eigenvalue weighted by atomic mass is 16.2. The Labute approximate surface area is 163 Å². The Kier molecular flexibility index (Phi) is 5.87. The molecule has 2 aliphatic heterocycles. The number of likely N-dealkylation sites (tertiary alicyclic amines) is 2. The second kappa shape index (κ2) is 7.99. The van der Waals surface area contributed by atoms with Crippen LogP contribution in [-0.2, 0) is 16.0 Å². The van der Waals surface area contributed by atoms with Crippen LogP contribution in [0.4, 0.5) is 0 Å². The highest BCUT2D eigenvalue weighted by molar-refractivity contribution is 5.82. The summed E-state index contributed by atoms with van der Waals surface area (Å²) in [5.74, 6) is 0.509. The molecule has 0 bridgehead atoms. The van der Waals surface area contributed by atoms with Gasteiger partial charge in [-0.3, -0.25) is 14.6 Å². The molecule has 3 rings (SSSR count). The number of amides is 2. The van der Waals surface area contributed by atoms with E-state index in [4.69, 9.17) is 0 Å². The zero-order valence-corrected chi connectivity index (χ0v) is 17.0. The molecule has 0 saturated carbocycles. The number of rotatable bonds is 5. The van der Waals surface area contributed by atoms with Crippen molar-refractivity contribution in [1.82, 2.24) is 14.8 Å². The van der Waals surface area contributed by atoms with Crippen molar-refractivity contribution in [3.8, 4) is 0 Å². The van der Waals surface area contributed by atoms with Gasteiger partial charge in [0.05, 0.1) is 0 Å². The van der Waals surface area contributed by atoms with Crippen LogP contribution < -0.4 is 0 Å². The summed E-state index contributed by atoms with van der Waals surface area (Å²) in [6.45, 7) is 9.30. The van der Waals surface area contributed by atoms with Gasteiger partial charge in [-0.15, -0.1) is 0 Å². The molecule has 3 heterocycles. The third kappa shape index (κ3) is 4.50. The summed E-state index contributed by atoms with van der Waals surface area (Å²) in [5.41, 5.74) is 0.785. The van der Waals surface area contributed by atoms with Crippen LogP contribution in [0.1, 0.15) is 58.6 Å². The average Bonchev–Trinajstić information content (AvgIpc) is 2.69. The van der Waals surface area contributed by atoms with Crippen LogP contribution in [0.3, 0.4) is 0 Å².